The highest BCUT2D eigenvalue weighted by Gasteiger charge is 2.39. The molecule has 0 bridgehead atoms. The summed E-state index contributed by atoms with van der Waals surface area (Å²) in [5, 5.41) is 9.56. The molecule has 2 rings (SSSR count). The number of benzene rings is 2. The Morgan fingerprint density at radius 1 is 1.08 bits per heavy atom. The average molecular weight is 343 g/mol. The number of carbonyl (C=O) groups is 1. The van der Waals surface area contributed by atoms with E-state index in [0.29, 0.717) is 12.0 Å². The second kappa shape index (κ2) is 6.81. The average Bonchev–Trinajstić information content (AvgIpc) is 2.46. The van der Waals surface area contributed by atoms with Gasteiger partial charge in [-0.05, 0) is 53.9 Å². The van der Waals surface area contributed by atoms with Crippen LogP contribution in [0.2, 0.25) is 18.1 Å². The summed E-state index contributed by atoms with van der Waals surface area (Å²) in [5.74, 6) is -0.141. The van der Waals surface area contributed by atoms with Gasteiger partial charge < -0.3 is 9.53 Å². The van der Waals surface area contributed by atoms with E-state index in [-0.39, 0.29) is 5.04 Å². The van der Waals surface area contributed by atoms with Gasteiger partial charge in [0.1, 0.15) is 5.75 Å². The molecule has 0 radical (unpaired) electrons. The number of aromatic carboxylic acids is 1. The highest BCUT2D eigenvalue weighted by atomic mass is 28.4. The quantitative estimate of drug-likeness (QED) is 0.744. The van der Waals surface area contributed by atoms with Crippen LogP contribution in [0.15, 0.2) is 48.5 Å². The van der Waals surface area contributed by atoms with Crippen LogP contribution in [0.3, 0.4) is 0 Å². The van der Waals surface area contributed by atoms with E-state index in [1.807, 2.05) is 36.4 Å². The van der Waals surface area contributed by atoms with Gasteiger partial charge in [-0.2, -0.15) is 0 Å². The number of hydrogen-bond acceptors (Lipinski definition) is 2. The monoisotopic (exact) mass is 342 g/mol. The Hall–Kier alpha value is -2.07. The lowest BCUT2D eigenvalue weighted by atomic mass is 9.99. The standard InChI is InChI=1S/C20H26O3Si/c1-20(2,3)24(4,5)23-17-11-12-18(19(21)22)16(14-17)13-15-9-7-6-8-10-15/h6-12,14H,13H2,1-5H3,(H,21,22). The minimum atomic E-state index is -1.95. The Bertz CT molecular complexity index is 715. The highest BCUT2D eigenvalue weighted by molar-refractivity contribution is 6.74. The van der Waals surface area contributed by atoms with Crippen LogP contribution >= 0.6 is 0 Å². The second-order valence-electron chi connectivity index (χ2n) is 7.65. The van der Waals surface area contributed by atoms with Gasteiger partial charge in [0.15, 0.2) is 0 Å². The molecule has 0 amide bonds. The fourth-order valence-electron chi connectivity index (χ4n) is 2.25. The zero-order valence-electron chi connectivity index (χ0n) is 15.1. The Morgan fingerprint density at radius 2 is 1.71 bits per heavy atom. The lowest BCUT2D eigenvalue weighted by molar-refractivity contribution is 0.0696. The van der Waals surface area contributed by atoms with Gasteiger partial charge in [-0.15, -0.1) is 0 Å². The van der Waals surface area contributed by atoms with Crippen molar-refractivity contribution in [3.63, 3.8) is 0 Å². The van der Waals surface area contributed by atoms with Crippen molar-refractivity contribution in [3.8, 4) is 5.75 Å². The van der Waals surface area contributed by atoms with Crippen LogP contribution < -0.4 is 4.43 Å². The summed E-state index contributed by atoms with van der Waals surface area (Å²) in [6.45, 7) is 10.9. The summed E-state index contributed by atoms with van der Waals surface area (Å²) in [6, 6.07) is 15.2. The molecular formula is C20H26O3Si. The van der Waals surface area contributed by atoms with E-state index >= 15 is 0 Å². The molecule has 0 saturated heterocycles. The molecule has 2 aromatic carbocycles. The maximum atomic E-state index is 11.5. The molecule has 0 aliphatic heterocycles. The lowest BCUT2D eigenvalue weighted by Crippen LogP contribution is -2.43. The third-order valence-corrected chi connectivity index (χ3v) is 9.08. The molecule has 3 nitrogen and oxygen atoms in total. The molecule has 0 atom stereocenters. The maximum absolute atomic E-state index is 11.5. The van der Waals surface area contributed by atoms with Crippen molar-refractivity contribution in [1.29, 1.82) is 0 Å². The van der Waals surface area contributed by atoms with Crippen molar-refractivity contribution < 1.29 is 14.3 Å². The van der Waals surface area contributed by atoms with Gasteiger partial charge >= 0.3 is 5.97 Å². The Labute approximate surface area is 145 Å². The minimum Gasteiger partial charge on any atom is -0.543 e. The van der Waals surface area contributed by atoms with Crippen LogP contribution in [0.4, 0.5) is 0 Å². The molecule has 4 heteroatoms. The normalized spacial score (nSPS) is 12.0. The van der Waals surface area contributed by atoms with Crippen molar-refractivity contribution in [1.82, 2.24) is 0 Å². The molecule has 0 spiro atoms. The van der Waals surface area contributed by atoms with Crippen molar-refractivity contribution >= 4 is 14.3 Å². The summed E-state index contributed by atoms with van der Waals surface area (Å²) < 4.78 is 6.33. The van der Waals surface area contributed by atoms with Gasteiger partial charge in [0.2, 0.25) is 8.32 Å². The van der Waals surface area contributed by atoms with Crippen LogP contribution in [0.5, 0.6) is 5.75 Å². The van der Waals surface area contributed by atoms with Gasteiger partial charge in [0, 0.05) is 0 Å². The van der Waals surface area contributed by atoms with Crippen LogP contribution in [-0.4, -0.2) is 19.4 Å². The Kier molecular flexibility index (Phi) is 5.18. The van der Waals surface area contributed by atoms with Crippen molar-refractivity contribution in [2.75, 3.05) is 0 Å². The third-order valence-electron chi connectivity index (χ3n) is 4.72. The molecule has 24 heavy (non-hydrogen) atoms. The van der Waals surface area contributed by atoms with E-state index in [2.05, 4.69) is 33.9 Å². The van der Waals surface area contributed by atoms with Crippen molar-refractivity contribution in [2.45, 2.75) is 45.3 Å². The molecule has 0 aliphatic carbocycles. The van der Waals surface area contributed by atoms with Gasteiger partial charge in [0.05, 0.1) is 5.56 Å². The molecule has 2 aromatic rings. The third kappa shape index (κ3) is 4.26. The molecule has 0 aromatic heterocycles. The highest BCUT2D eigenvalue weighted by Crippen LogP contribution is 2.37. The van der Waals surface area contributed by atoms with Crippen LogP contribution in [0, 0.1) is 0 Å². The minimum absolute atomic E-state index is 0.0953. The van der Waals surface area contributed by atoms with Crippen LogP contribution in [0.1, 0.15) is 42.3 Å². The molecule has 1 N–H and O–H groups in total. The first kappa shape index (κ1) is 18.3. The van der Waals surface area contributed by atoms with E-state index in [9.17, 15) is 9.90 Å². The van der Waals surface area contributed by atoms with E-state index in [1.165, 1.54) is 0 Å². The topological polar surface area (TPSA) is 46.5 Å². The van der Waals surface area contributed by atoms with Gasteiger partial charge in [-0.25, -0.2) is 4.79 Å². The van der Waals surface area contributed by atoms with Gasteiger partial charge in [0.25, 0.3) is 0 Å². The molecule has 0 aliphatic rings. The fourth-order valence-corrected chi connectivity index (χ4v) is 3.27. The lowest BCUT2D eigenvalue weighted by Gasteiger charge is -2.36. The van der Waals surface area contributed by atoms with Crippen molar-refractivity contribution in [2.24, 2.45) is 0 Å². The molecular weight excluding hydrogens is 316 g/mol. The summed E-state index contributed by atoms with van der Waals surface area (Å²) in [6.07, 6.45) is 0.581. The maximum Gasteiger partial charge on any atom is 0.335 e. The van der Waals surface area contributed by atoms with E-state index in [0.717, 1.165) is 16.9 Å². The summed E-state index contributed by atoms with van der Waals surface area (Å²) in [5.41, 5.74) is 2.20. The Balaban J connectivity index is 2.36. The number of rotatable bonds is 5. The predicted molar refractivity (Wildman–Crippen MR) is 100 cm³/mol. The molecule has 0 unspecified atom stereocenters. The summed E-state index contributed by atoms with van der Waals surface area (Å²) >= 11 is 0. The number of hydrogen-bond donors (Lipinski definition) is 1. The molecule has 0 fully saturated rings. The zero-order chi connectivity index (χ0) is 18.0. The fraction of sp³-hybridized carbons (Fsp3) is 0.350. The largest absolute Gasteiger partial charge is 0.543 e. The SMILES string of the molecule is CC(C)(C)[Si](C)(C)Oc1ccc(C(=O)O)c(Cc2ccccc2)c1. The number of carboxylic acid groups (broad SMARTS) is 1. The summed E-state index contributed by atoms with van der Waals surface area (Å²) in [4.78, 5) is 11.5. The van der Waals surface area contributed by atoms with Gasteiger partial charge in [-0.1, -0.05) is 51.1 Å². The molecule has 0 saturated carbocycles. The number of carboxylic acids is 1. The first-order valence-electron chi connectivity index (χ1n) is 8.19. The van der Waals surface area contributed by atoms with E-state index in [1.54, 1.807) is 12.1 Å². The van der Waals surface area contributed by atoms with Crippen LogP contribution in [0.25, 0.3) is 0 Å². The molecule has 128 valence electrons. The molecule has 0 heterocycles. The van der Waals surface area contributed by atoms with E-state index in [4.69, 9.17) is 4.43 Å². The first-order chi connectivity index (χ1) is 11.1. The smallest absolute Gasteiger partial charge is 0.335 e. The van der Waals surface area contributed by atoms with E-state index < -0.39 is 14.3 Å². The Morgan fingerprint density at radius 3 is 2.25 bits per heavy atom. The predicted octanol–water partition coefficient (Wildman–Crippen LogP) is 5.36. The van der Waals surface area contributed by atoms with Crippen molar-refractivity contribution in [3.05, 3.63) is 65.2 Å². The first-order valence-corrected chi connectivity index (χ1v) is 11.1. The second-order valence-corrected chi connectivity index (χ2v) is 12.4. The van der Waals surface area contributed by atoms with Crippen LogP contribution in [-0.2, 0) is 6.42 Å². The summed E-state index contributed by atoms with van der Waals surface area (Å²) in [7, 11) is -1.95. The zero-order valence-corrected chi connectivity index (χ0v) is 16.1. The van der Waals surface area contributed by atoms with Gasteiger partial charge in [-0.3, -0.25) is 0 Å².